The molecule has 0 bridgehead atoms. The number of benzene rings is 1. The van der Waals surface area contributed by atoms with Crippen LogP contribution in [-0.4, -0.2) is 9.91 Å². The van der Waals surface area contributed by atoms with Crippen molar-refractivity contribution in [1.82, 2.24) is 4.98 Å². The third-order valence-electron chi connectivity index (χ3n) is 2.66. The number of aromatic nitrogens is 1. The van der Waals surface area contributed by atoms with Gasteiger partial charge in [0.2, 0.25) is 5.82 Å². The normalized spacial score (nSPS) is 10.2. The van der Waals surface area contributed by atoms with E-state index in [1.807, 2.05) is 12.1 Å². The zero-order valence-electron chi connectivity index (χ0n) is 10.3. The topological polar surface area (TPSA) is 68.1 Å². The van der Waals surface area contributed by atoms with Gasteiger partial charge in [0.15, 0.2) is 0 Å². The highest BCUT2D eigenvalue weighted by Gasteiger charge is 2.17. The summed E-state index contributed by atoms with van der Waals surface area (Å²) in [4.78, 5) is 14.6. The third-order valence-corrected chi connectivity index (χ3v) is 2.89. The highest BCUT2D eigenvalue weighted by atomic mass is 35.5. The van der Waals surface area contributed by atoms with Crippen molar-refractivity contribution in [2.24, 2.45) is 0 Å². The van der Waals surface area contributed by atoms with Gasteiger partial charge >= 0.3 is 5.69 Å². The molecule has 0 saturated carbocycles. The minimum absolute atomic E-state index is 0.00419. The number of rotatable bonds is 4. The van der Waals surface area contributed by atoms with Crippen LogP contribution in [-0.2, 0) is 6.54 Å². The zero-order chi connectivity index (χ0) is 13.8. The number of nitro groups is 1. The molecule has 0 atom stereocenters. The first-order valence-electron chi connectivity index (χ1n) is 5.66. The van der Waals surface area contributed by atoms with Crippen molar-refractivity contribution in [3.8, 4) is 0 Å². The van der Waals surface area contributed by atoms with Crippen LogP contribution in [0.1, 0.15) is 11.1 Å². The summed E-state index contributed by atoms with van der Waals surface area (Å²) in [5, 5.41) is 14.6. The van der Waals surface area contributed by atoms with E-state index in [4.69, 9.17) is 11.6 Å². The van der Waals surface area contributed by atoms with E-state index in [9.17, 15) is 10.1 Å². The van der Waals surface area contributed by atoms with Gasteiger partial charge in [-0.05, 0) is 30.7 Å². The molecule has 0 radical (unpaired) electrons. The highest BCUT2D eigenvalue weighted by Crippen LogP contribution is 2.25. The number of nitrogens with zero attached hydrogens (tertiary/aromatic N) is 2. The summed E-state index contributed by atoms with van der Waals surface area (Å²) in [7, 11) is 0. The first-order valence-corrected chi connectivity index (χ1v) is 6.04. The van der Waals surface area contributed by atoms with Crippen molar-refractivity contribution in [2.45, 2.75) is 13.5 Å². The molecule has 1 aromatic heterocycles. The molecule has 0 amide bonds. The molecule has 0 aliphatic heterocycles. The van der Waals surface area contributed by atoms with Crippen LogP contribution < -0.4 is 5.32 Å². The quantitative estimate of drug-likeness (QED) is 0.685. The van der Waals surface area contributed by atoms with Gasteiger partial charge in [-0.25, -0.2) is 4.98 Å². The van der Waals surface area contributed by atoms with Gasteiger partial charge in [0.25, 0.3) is 0 Å². The number of anilines is 1. The summed E-state index contributed by atoms with van der Waals surface area (Å²) in [5.41, 5.74) is 1.52. The molecule has 2 aromatic rings. The maximum atomic E-state index is 11.0. The lowest BCUT2D eigenvalue weighted by Gasteiger charge is -2.07. The summed E-state index contributed by atoms with van der Waals surface area (Å²) in [6.07, 6.45) is 1.54. The van der Waals surface area contributed by atoms with Gasteiger partial charge in [-0.1, -0.05) is 23.7 Å². The maximum Gasteiger partial charge on any atom is 0.314 e. The van der Waals surface area contributed by atoms with E-state index in [1.165, 1.54) is 0 Å². The third kappa shape index (κ3) is 3.20. The largest absolute Gasteiger partial charge is 0.360 e. The van der Waals surface area contributed by atoms with Crippen LogP contribution in [0.2, 0.25) is 5.02 Å². The molecule has 1 heterocycles. The Morgan fingerprint density at radius 3 is 2.89 bits per heavy atom. The van der Waals surface area contributed by atoms with E-state index in [0.29, 0.717) is 17.1 Å². The van der Waals surface area contributed by atoms with Crippen molar-refractivity contribution in [2.75, 3.05) is 5.32 Å². The average Bonchev–Trinajstić information content (AvgIpc) is 2.36. The maximum absolute atomic E-state index is 11.0. The number of nitrogens with one attached hydrogen (secondary N) is 1. The molecular weight excluding hydrogens is 266 g/mol. The van der Waals surface area contributed by atoms with Gasteiger partial charge in [-0.3, -0.25) is 10.1 Å². The van der Waals surface area contributed by atoms with E-state index in [0.717, 1.165) is 5.56 Å². The molecular formula is C13H12ClN3O2. The van der Waals surface area contributed by atoms with Crippen LogP contribution in [0.15, 0.2) is 36.5 Å². The average molecular weight is 278 g/mol. The molecule has 98 valence electrons. The predicted octanol–water partition coefficient (Wildman–Crippen LogP) is 3.56. The highest BCUT2D eigenvalue weighted by molar-refractivity contribution is 6.30. The summed E-state index contributed by atoms with van der Waals surface area (Å²) in [6.45, 7) is 2.11. The van der Waals surface area contributed by atoms with E-state index in [2.05, 4.69) is 10.3 Å². The van der Waals surface area contributed by atoms with E-state index < -0.39 is 4.92 Å². The van der Waals surface area contributed by atoms with Crippen LogP contribution in [0.25, 0.3) is 0 Å². The van der Waals surface area contributed by atoms with Crippen molar-refractivity contribution >= 4 is 23.1 Å². The first kappa shape index (κ1) is 13.3. The van der Waals surface area contributed by atoms with Gasteiger partial charge in [0.1, 0.15) is 0 Å². The minimum atomic E-state index is -0.428. The number of hydrogen-bond acceptors (Lipinski definition) is 4. The standard InChI is InChI=1S/C13H12ClN3O2/c1-9-5-6-15-13(12(9)17(18)19)16-8-10-3-2-4-11(14)7-10/h2-7H,8H2,1H3,(H,15,16). The second-order valence-electron chi connectivity index (χ2n) is 4.07. The summed E-state index contributed by atoms with van der Waals surface area (Å²) in [6, 6.07) is 8.91. The molecule has 2 rings (SSSR count). The lowest BCUT2D eigenvalue weighted by molar-refractivity contribution is -0.384. The molecule has 1 aromatic carbocycles. The predicted molar refractivity (Wildman–Crippen MR) is 74.4 cm³/mol. The van der Waals surface area contributed by atoms with Crippen LogP contribution in [0.5, 0.6) is 0 Å². The number of halogens is 1. The van der Waals surface area contributed by atoms with E-state index in [-0.39, 0.29) is 11.5 Å². The van der Waals surface area contributed by atoms with Gasteiger partial charge in [0.05, 0.1) is 4.92 Å². The zero-order valence-corrected chi connectivity index (χ0v) is 11.0. The Morgan fingerprint density at radius 2 is 2.21 bits per heavy atom. The second-order valence-corrected chi connectivity index (χ2v) is 4.50. The van der Waals surface area contributed by atoms with Crippen LogP contribution in [0.4, 0.5) is 11.5 Å². The molecule has 1 N–H and O–H groups in total. The Hall–Kier alpha value is -2.14. The lowest BCUT2D eigenvalue weighted by Crippen LogP contribution is -2.05. The summed E-state index contributed by atoms with van der Waals surface area (Å²) < 4.78 is 0. The smallest absolute Gasteiger partial charge is 0.314 e. The second kappa shape index (κ2) is 5.67. The molecule has 5 nitrogen and oxygen atoms in total. The first-order chi connectivity index (χ1) is 9.08. The molecule has 0 spiro atoms. The Morgan fingerprint density at radius 1 is 1.42 bits per heavy atom. The van der Waals surface area contributed by atoms with Crippen molar-refractivity contribution in [3.63, 3.8) is 0 Å². The fourth-order valence-corrected chi connectivity index (χ4v) is 1.96. The van der Waals surface area contributed by atoms with Gasteiger partial charge in [-0.2, -0.15) is 0 Å². The van der Waals surface area contributed by atoms with Crippen LogP contribution >= 0.6 is 11.6 Å². The number of pyridine rings is 1. The molecule has 19 heavy (non-hydrogen) atoms. The van der Waals surface area contributed by atoms with E-state index >= 15 is 0 Å². The fraction of sp³-hybridized carbons (Fsp3) is 0.154. The molecule has 6 heteroatoms. The van der Waals surface area contributed by atoms with E-state index in [1.54, 1.807) is 31.3 Å². The van der Waals surface area contributed by atoms with Crippen molar-refractivity contribution in [3.05, 3.63) is 62.8 Å². The molecule has 0 fully saturated rings. The molecule has 0 unspecified atom stereocenters. The Kier molecular flexibility index (Phi) is 3.97. The Balaban J connectivity index is 2.20. The summed E-state index contributed by atoms with van der Waals surface area (Å²) >= 11 is 5.88. The van der Waals surface area contributed by atoms with Gasteiger partial charge in [0, 0.05) is 23.3 Å². The monoisotopic (exact) mass is 277 g/mol. The summed E-state index contributed by atoms with van der Waals surface area (Å²) in [5.74, 6) is 0.268. The van der Waals surface area contributed by atoms with Crippen LogP contribution in [0.3, 0.4) is 0 Å². The van der Waals surface area contributed by atoms with Gasteiger partial charge < -0.3 is 5.32 Å². The fourth-order valence-electron chi connectivity index (χ4n) is 1.74. The van der Waals surface area contributed by atoms with Crippen molar-refractivity contribution < 1.29 is 4.92 Å². The van der Waals surface area contributed by atoms with Crippen molar-refractivity contribution in [1.29, 1.82) is 0 Å². The number of aryl methyl sites for hydroxylation is 1. The minimum Gasteiger partial charge on any atom is -0.360 e. The Bertz CT molecular complexity index is 617. The van der Waals surface area contributed by atoms with Gasteiger partial charge in [-0.15, -0.1) is 0 Å². The molecule has 0 aliphatic rings. The molecule has 0 aliphatic carbocycles. The number of hydrogen-bond donors (Lipinski definition) is 1. The lowest BCUT2D eigenvalue weighted by atomic mass is 10.2. The SMILES string of the molecule is Cc1ccnc(NCc2cccc(Cl)c2)c1[N+](=O)[O-]. The Labute approximate surface area is 115 Å². The molecule has 0 saturated heterocycles. The van der Waals surface area contributed by atoms with Crippen LogP contribution in [0, 0.1) is 17.0 Å².